The van der Waals surface area contributed by atoms with Crippen LogP contribution in [0.25, 0.3) is 10.9 Å². The smallest absolute Gasteiger partial charge is 0.230 e. The predicted molar refractivity (Wildman–Crippen MR) is 80.1 cm³/mol. The highest BCUT2D eigenvalue weighted by atomic mass is 16.5. The molecule has 112 valence electrons. The number of hydrogen-bond acceptors (Lipinski definition) is 5. The third kappa shape index (κ3) is 1.87. The van der Waals surface area contributed by atoms with Crippen molar-refractivity contribution in [2.45, 2.75) is 31.2 Å². The van der Waals surface area contributed by atoms with Gasteiger partial charge in [0.2, 0.25) is 5.89 Å². The van der Waals surface area contributed by atoms with Gasteiger partial charge >= 0.3 is 0 Å². The summed E-state index contributed by atoms with van der Waals surface area (Å²) in [4.78, 5) is 4.61. The number of benzene rings is 1. The van der Waals surface area contributed by atoms with Crippen molar-refractivity contribution >= 4 is 10.9 Å². The van der Waals surface area contributed by atoms with Gasteiger partial charge in [-0.1, -0.05) is 17.3 Å². The Morgan fingerprint density at radius 2 is 2.23 bits per heavy atom. The van der Waals surface area contributed by atoms with Gasteiger partial charge in [0.05, 0.1) is 11.7 Å². The molecule has 2 aliphatic rings. The number of aromatic amines is 1. The molecule has 3 aromatic rings. The lowest BCUT2D eigenvalue weighted by Gasteiger charge is -2.07. The molecule has 2 aliphatic carbocycles. The molecule has 0 saturated heterocycles. The molecule has 4 atom stereocenters. The average Bonchev–Trinajstić information content (AvgIpc) is 2.85. The molecule has 3 N–H and O–H groups in total. The fourth-order valence-corrected chi connectivity index (χ4v) is 3.88. The van der Waals surface area contributed by atoms with E-state index in [9.17, 15) is 0 Å². The summed E-state index contributed by atoms with van der Waals surface area (Å²) < 4.78 is 5.50. The highest BCUT2D eigenvalue weighted by Gasteiger charge is 2.55. The van der Waals surface area contributed by atoms with Crippen LogP contribution in [-0.2, 0) is 6.42 Å². The molecule has 0 amide bonds. The Labute approximate surface area is 127 Å². The molecule has 0 bridgehead atoms. The van der Waals surface area contributed by atoms with E-state index in [0.29, 0.717) is 30.2 Å². The minimum atomic E-state index is 0.313. The molecule has 1 aromatic carbocycles. The average molecular weight is 295 g/mol. The van der Waals surface area contributed by atoms with Crippen molar-refractivity contribution in [2.75, 3.05) is 0 Å². The van der Waals surface area contributed by atoms with E-state index in [1.807, 2.05) is 6.20 Å². The lowest BCUT2D eigenvalue weighted by Crippen LogP contribution is -2.19. The fourth-order valence-electron chi connectivity index (χ4n) is 3.88. The highest BCUT2D eigenvalue weighted by molar-refractivity contribution is 5.78. The van der Waals surface area contributed by atoms with Crippen LogP contribution in [0, 0.1) is 11.8 Å². The Morgan fingerprint density at radius 1 is 1.27 bits per heavy atom. The SMILES string of the molecule is N[C@@H]1C[C@H](c2nc(Cc3ccc4cn[nH]c4c3)no2)[C@H]2C[C@H]21. The van der Waals surface area contributed by atoms with E-state index in [1.165, 1.54) is 6.42 Å². The third-order valence-electron chi connectivity index (χ3n) is 5.15. The van der Waals surface area contributed by atoms with Crippen LogP contribution in [0.2, 0.25) is 0 Å². The van der Waals surface area contributed by atoms with E-state index < -0.39 is 0 Å². The van der Waals surface area contributed by atoms with Crippen LogP contribution >= 0.6 is 0 Å². The Hall–Kier alpha value is -2.21. The van der Waals surface area contributed by atoms with Crippen molar-refractivity contribution in [1.29, 1.82) is 0 Å². The number of H-pyrrole nitrogens is 1. The second-order valence-electron chi connectivity index (χ2n) is 6.59. The van der Waals surface area contributed by atoms with Gasteiger partial charge in [-0.05, 0) is 36.3 Å². The number of nitrogens with one attached hydrogen (secondary N) is 1. The van der Waals surface area contributed by atoms with E-state index >= 15 is 0 Å². The first-order chi connectivity index (χ1) is 10.8. The molecule has 2 heterocycles. The molecule has 0 radical (unpaired) electrons. The highest BCUT2D eigenvalue weighted by Crippen LogP contribution is 2.58. The zero-order chi connectivity index (χ0) is 14.7. The number of hydrogen-bond donors (Lipinski definition) is 2. The summed E-state index contributed by atoms with van der Waals surface area (Å²) >= 11 is 0. The normalized spacial score (nSPS) is 29.9. The van der Waals surface area contributed by atoms with Crippen molar-refractivity contribution in [3.63, 3.8) is 0 Å². The quantitative estimate of drug-likeness (QED) is 0.770. The van der Waals surface area contributed by atoms with Gasteiger partial charge in [-0.25, -0.2) is 0 Å². The second kappa shape index (κ2) is 4.39. The Balaban J connectivity index is 1.37. The van der Waals surface area contributed by atoms with Crippen molar-refractivity contribution in [2.24, 2.45) is 17.6 Å². The summed E-state index contributed by atoms with van der Waals surface area (Å²) in [7, 11) is 0. The molecule has 6 heteroatoms. The van der Waals surface area contributed by atoms with Crippen LogP contribution in [0.1, 0.15) is 36.0 Å². The lowest BCUT2D eigenvalue weighted by atomic mass is 10.0. The van der Waals surface area contributed by atoms with Gasteiger partial charge in [-0.3, -0.25) is 5.10 Å². The molecule has 0 aliphatic heterocycles. The van der Waals surface area contributed by atoms with Gasteiger partial charge in [0, 0.05) is 23.8 Å². The van der Waals surface area contributed by atoms with Crippen LogP contribution in [0.3, 0.4) is 0 Å². The Kier molecular flexibility index (Phi) is 2.47. The van der Waals surface area contributed by atoms with Gasteiger partial charge in [0.15, 0.2) is 5.82 Å². The number of nitrogens with two attached hydrogens (primary N) is 1. The zero-order valence-electron chi connectivity index (χ0n) is 12.1. The van der Waals surface area contributed by atoms with Gasteiger partial charge in [-0.15, -0.1) is 0 Å². The molecule has 5 rings (SSSR count). The summed E-state index contributed by atoms with van der Waals surface area (Å²) in [6, 6.07) is 6.53. The molecule has 2 fully saturated rings. The number of fused-ring (bicyclic) bond motifs is 2. The minimum absolute atomic E-state index is 0.313. The summed E-state index contributed by atoms with van der Waals surface area (Å²) in [6.07, 6.45) is 4.70. The minimum Gasteiger partial charge on any atom is -0.339 e. The van der Waals surface area contributed by atoms with E-state index in [2.05, 4.69) is 38.5 Å². The summed E-state index contributed by atoms with van der Waals surface area (Å²) in [5.41, 5.74) is 8.30. The standard InChI is InChI=1S/C16H17N5O/c17-13-6-12(10-5-11(10)13)16-19-15(21-22-16)4-8-1-2-9-7-18-20-14(9)3-8/h1-3,7,10-13H,4-6,17H2,(H,18,20)/t10-,11+,12-,13+/m0/s1. The number of aromatic nitrogens is 4. The van der Waals surface area contributed by atoms with E-state index in [-0.39, 0.29) is 0 Å². The molecule has 6 nitrogen and oxygen atoms in total. The fraction of sp³-hybridized carbons (Fsp3) is 0.438. The molecule has 2 saturated carbocycles. The molecule has 2 aromatic heterocycles. The monoisotopic (exact) mass is 295 g/mol. The van der Waals surface area contributed by atoms with Crippen LogP contribution in [0.4, 0.5) is 0 Å². The molecular formula is C16H17N5O. The lowest BCUT2D eigenvalue weighted by molar-refractivity contribution is 0.338. The van der Waals surface area contributed by atoms with Gasteiger partial charge in [0.1, 0.15) is 0 Å². The summed E-state index contributed by atoms with van der Waals surface area (Å²) in [5.74, 6) is 3.24. The van der Waals surface area contributed by atoms with E-state index in [1.54, 1.807) is 0 Å². The maximum atomic E-state index is 6.12. The van der Waals surface area contributed by atoms with E-state index in [0.717, 1.165) is 34.6 Å². The van der Waals surface area contributed by atoms with Crippen LogP contribution < -0.4 is 5.73 Å². The predicted octanol–water partition coefficient (Wildman–Crippen LogP) is 1.99. The van der Waals surface area contributed by atoms with Gasteiger partial charge < -0.3 is 10.3 Å². The van der Waals surface area contributed by atoms with Crippen LogP contribution in [-0.4, -0.2) is 26.4 Å². The first-order valence-corrected chi connectivity index (χ1v) is 7.78. The van der Waals surface area contributed by atoms with Crippen LogP contribution in [0.5, 0.6) is 0 Å². The first-order valence-electron chi connectivity index (χ1n) is 7.78. The molecular weight excluding hydrogens is 278 g/mol. The van der Waals surface area contributed by atoms with Crippen molar-refractivity contribution < 1.29 is 4.52 Å². The van der Waals surface area contributed by atoms with Crippen molar-refractivity contribution in [3.8, 4) is 0 Å². The van der Waals surface area contributed by atoms with Crippen molar-refractivity contribution in [1.82, 2.24) is 20.3 Å². The zero-order valence-corrected chi connectivity index (χ0v) is 12.1. The van der Waals surface area contributed by atoms with Gasteiger partial charge in [-0.2, -0.15) is 10.1 Å². The topological polar surface area (TPSA) is 93.6 Å². The van der Waals surface area contributed by atoms with Crippen LogP contribution in [0.15, 0.2) is 28.9 Å². The second-order valence-corrected chi connectivity index (χ2v) is 6.59. The Bertz CT molecular complexity index is 838. The Morgan fingerprint density at radius 3 is 3.05 bits per heavy atom. The largest absolute Gasteiger partial charge is 0.339 e. The number of rotatable bonds is 3. The third-order valence-corrected chi connectivity index (χ3v) is 5.15. The van der Waals surface area contributed by atoms with Gasteiger partial charge in [0.25, 0.3) is 0 Å². The summed E-state index contributed by atoms with van der Waals surface area (Å²) in [5, 5.41) is 12.3. The molecule has 22 heavy (non-hydrogen) atoms. The first kappa shape index (κ1) is 12.3. The van der Waals surface area contributed by atoms with E-state index in [4.69, 9.17) is 10.3 Å². The summed E-state index contributed by atoms with van der Waals surface area (Å²) in [6.45, 7) is 0. The molecule has 0 unspecified atom stereocenters. The molecule has 0 spiro atoms. The van der Waals surface area contributed by atoms with Crippen molar-refractivity contribution in [3.05, 3.63) is 41.7 Å². The maximum Gasteiger partial charge on any atom is 0.230 e. The maximum absolute atomic E-state index is 6.12. The number of nitrogens with zero attached hydrogens (tertiary/aromatic N) is 3.